The van der Waals surface area contributed by atoms with Crippen molar-refractivity contribution in [3.63, 3.8) is 0 Å². The molecular weight excluding hydrogens is 240 g/mol. The van der Waals surface area contributed by atoms with Gasteiger partial charge in [-0.3, -0.25) is 0 Å². The molecule has 4 aliphatic carbocycles. The maximum absolute atomic E-state index is 2.69. The molecule has 3 fully saturated rings. The van der Waals surface area contributed by atoms with Crippen molar-refractivity contribution >= 4 is 0 Å². The van der Waals surface area contributed by atoms with Gasteiger partial charge >= 0.3 is 0 Å². The summed E-state index contributed by atoms with van der Waals surface area (Å²) in [6, 6.07) is 0. The summed E-state index contributed by atoms with van der Waals surface area (Å²) in [5, 5.41) is 0. The van der Waals surface area contributed by atoms with Crippen LogP contribution in [0.4, 0.5) is 0 Å². The summed E-state index contributed by atoms with van der Waals surface area (Å²) in [5.74, 6) is 1.94. The van der Waals surface area contributed by atoms with Crippen LogP contribution >= 0.6 is 0 Å². The smallest absolute Gasteiger partial charge is 0.00762 e. The average molecular weight is 272 g/mol. The number of rotatable bonds is 0. The second-order valence-corrected chi connectivity index (χ2v) is 9.93. The highest BCUT2D eigenvalue weighted by molar-refractivity contribution is 5.25. The van der Waals surface area contributed by atoms with E-state index < -0.39 is 0 Å². The second-order valence-electron chi connectivity index (χ2n) is 9.93. The Morgan fingerprint density at radius 1 is 0.800 bits per heavy atom. The molecule has 0 aromatic carbocycles. The van der Waals surface area contributed by atoms with Crippen LogP contribution in [0.5, 0.6) is 0 Å². The van der Waals surface area contributed by atoms with Crippen LogP contribution in [0.3, 0.4) is 0 Å². The van der Waals surface area contributed by atoms with Crippen LogP contribution in [-0.4, -0.2) is 0 Å². The van der Waals surface area contributed by atoms with E-state index in [-0.39, 0.29) is 0 Å². The molecule has 0 nitrogen and oxygen atoms in total. The molecule has 0 heterocycles. The predicted octanol–water partition coefficient (Wildman–Crippen LogP) is 5.98. The SMILES string of the molecule is CC1(C)CCC[C@]2(C)C1CC[C@@]13C=C[C@@](C)(CCC12)C3. The molecule has 1 spiro atoms. The van der Waals surface area contributed by atoms with E-state index in [0.29, 0.717) is 21.7 Å². The van der Waals surface area contributed by atoms with Gasteiger partial charge in [-0.1, -0.05) is 46.3 Å². The minimum absolute atomic E-state index is 0.546. The highest BCUT2D eigenvalue weighted by atomic mass is 14.7. The van der Waals surface area contributed by atoms with Crippen LogP contribution in [0.2, 0.25) is 0 Å². The van der Waals surface area contributed by atoms with Crippen molar-refractivity contribution in [1.82, 2.24) is 0 Å². The topological polar surface area (TPSA) is 0 Å². The van der Waals surface area contributed by atoms with Crippen LogP contribution in [0.1, 0.15) is 79.1 Å². The van der Waals surface area contributed by atoms with Gasteiger partial charge in [-0.25, -0.2) is 0 Å². The van der Waals surface area contributed by atoms with E-state index in [1.54, 1.807) is 0 Å². The molecule has 0 aromatic heterocycles. The molecule has 0 saturated heterocycles. The zero-order valence-electron chi connectivity index (χ0n) is 14.0. The van der Waals surface area contributed by atoms with Crippen molar-refractivity contribution in [3.8, 4) is 0 Å². The maximum Gasteiger partial charge on any atom is -0.00762 e. The number of allylic oxidation sites excluding steroid dienone is 2. The van der Waals surface area contributed by atoms with Crippen LogP contribution in [0.25, 0.3) is 0 Å². The van der Waals surface area contributed by atoms with Gasteiger partial charge in [0.05, 0.1) is 0 Å². The molecule has 0 aromatic rings. The van der Waals surface area contributed by atoms with Crippen molar-refractivity contribution in [2.75, 3.05) is 0 Å². The molecular formula is C20H32. The molecule has 0 N–H and O–H groups in total. The van der Waals surface area contributed by atoms with Gasteiger partial charge in [0.25, 0.3) is 0 Å². The van der Waals surface area contributed by atoms with Crippen LogP contribution < -0.4 is 0 Å². The average Bonchev–Trinajstić information content (AvgIpc) is 2.58. The van der Waals surface area contributed by atoms with Gasteiger partial charge in [-0.2, -0.15) is 0 Å². The van der Waals surface area contributed by atoms with E-state index in [1.807, 2.05) is 0 Å². The molecule has 20 heavy (non-hydrogen) atoms. The summed E-state index contributed by atoms with van der Waals surface area (Å²) >= 11 is 0. The quantitative estimate of drug-likeness (QED) is 0.476. The van der Waals surface area contributed by atoms with Crippen LogP contribution in [0, 0.1) is 33.5 Å². The van der Waals surface area contributed by atoms with Gasteiger partial charge in [0.1, 0.15) is 0 Å². The Labute approximate surface area is 125 Å². The molecule has 0 amide bonds. The first-order valence-corrected chi connectivity index (χ1v) is 9.00. The fourth-order valence-electron chi connectivity index (χ4n) is 7.46. The molecule has 2 bridgehead atoms. The van der Waals surface area contributed by atoms with E-state index in [2.05, 4.69) is 39.8 Å². The predicted molar refractivity (Wildman–Crippen MR) is 85.5 cm³/mol. The normalized spacial score (nSPS) is 56.2. The first-order chi connectivity index (χ1) is 9.30. The van der Waals surface area contributed by atoms with Gasteiger partial charge < -0.3 is 0 Å². The van der Waals surface area contributed by atoms with E-state index in [4.69, 9.17) is 0 Å². The van der Waals surface area contributed by atoms with E-state index in [1.165, 1.54) is 51.4 Å². The Kier molecular flexibility index (Phi) is 2.50. The second kappa shape index (κ2) is 3.73. The molecule has 0 heteroatoms. The lowest BCUT2D eigenvalue weighted by atomic mass is 9.40. The van der Waals surface area contributed by atoms with Crippen molar-refractivity contribution < 1.29 is 0 Å². The minimum atomic E-state index is 0.546. The van der Waals surface area contributed by atoms with Crippen LogP contribution in [0.15, 0.2) is 12.2 Å². The third kappa shape index (κ3) is 1.54. The summed E-state index contributed by atoms with van der Waals surface area (Å²) in [5.41, 5.74) is 2.34. The molecule has 3 saturated carbocycles. The lowest BCUT2D eigenvalue weighted by Crippen LogP contribution is -2.56. The monoisotopic (exact) mass is 272 g/mol. The molecule has 2 unspecified atom stereocenters. The highest BCUT2D eigenvalue weighted by Gasteiger charge is 2.62. The van der Waals surface area contributed by atoms with Gasteiger partial charge in [0.2, 0.25) is 0 Å². The molecule has 112 valence electrons. The Bertz CT molecular complexity index is 459. The lowest BCUT2D eigenvalue weighted by molar-refractivity contribution is -0.139. The van der Waals surface area contributed by atoms with Gasteiger partial charge in [0.15, 0.2) is 0 Å². The summed E-state index contributed by atoms with van der Waals surface area (Å²) < 4.78 is 0. The number of fused-ring (bicyclic) bond motifs is 3. The van der Waals surface area contributed by atoms with Crippen LogP contribution in [-0.2, 0) is 0 Å². The molecule has 5 atom stereocenters. The zero-order chi connectivity index (χ0) is 14.2. The van der Waals surface area contributed by atoms with Gasteiger partial charge in [0, 0.05) is 0 Å². The van der Waals surface area contributed by atoms with Gasteiger partial charge in [-0.15, -0.1) is 0 Å². The Morgan fingerprint density at radius 2 is 1.55 bits per heavy atom. The Balaban J connectivity index is 1.75. The third-order valence-corrected chi connectivity index (χ3v) is 8.22. The molecule has 4 aliphatic rings. The lowest BCUT2D eigenvalue weighted by Gasteiger charge is -2.64. The summed E-state index contributed by atoms with van der Waals surface area (Å²) in [6.07, 6.45) is 17.1. The zero-order valence-corrected chi connectivity index (χ0v) is 14.0. The standard InChI is InChI=1S/C20H32/c1-17(2)8-5-9-19(4)15(17)7-11-20-13-12-18(3,14-20)10-6-16(19)20/h12-13,15-16H,5-11,14H2,1-4H3/t15?,16?,18-,19-,20+/m1/s1. The number of hydrogen-bond donors (Lipinski definition) is 0. The van der Waals surface area contributed by atoms with E-state index in [0.717, 1.165) is 11.8 Å². The molecule has 0 radical (unpaired) electrons. The van der Waals surface area contributed by atoms with Crippen molar-refractivity contribution in [2.24, 2.45) is 33.5 Å². The molecule has 0 aliphatic heterocycles. The summed E-state index contributed by atoms with van der Waals surface area (Å²) in [7, 11) is 0. The van der Waals surface area contributed by atoms with E-state index >= 15 is 0 Å². The summed E-state index contributed by atoms with van der Waals surface area (Å²) in [6.45, 7) is 10.3. The largest absolute Gasteiger partial charge is 0.0820 e. The first-order valence-electron chi connectivity index (χ1n) is 9.00. The number of hydrogen-bond acceptors (Lipinski definition) is 0. The van der Waals surface area contributed by atoms with Crippen molar-refractivity contribution in [1.29, 1.82) is 0 Å². The van der Waals surface area contributed by atoms with E-state index in [9.17, 15) is 0 Å². The fourth-order valence-corrected chi connectivity index (χ4v) is 7.46. The Morgan fingerprint density at radius 3 is 2.35 bits per heavy atom. The minimum Gasteiger partial charge on any atom is -0.0820 e. The maximum atomic E-state index is 2.69. The third-order valence-electron chi connectivity index (χ3n) is 8.22. The van der Waals surface area contributed by atoms with Gasteiger partial charge in [-0.05, 0) is 78.4 Å². The molecule has 4 rings (SSSR count). The highest BCUT2D eigenvalue weighted by Crippen LogP contribution is 2.71. The fraction of sp³-hybridized carbons (Fsp3) is 0.900. The first kappa shape index (κ1) is 13.4. The van der Waals surface area contributed by atoms with Crippen molar-refractivity contribution in [2.45, 2.75) is 79.1 Å². The Hall–Kier alpha value is -0.260. The summed E-state index contributed by atoms with van der Waals surface area (Å²) in [4.78, 5) is 0. The van der Waals surface area contributed by atoms with Crippen molar-refractivity contribution in [3.05, 3.63) is 12.2 Å².